The molecule has 0 amide bonds. The second-order valence-electron chi connectivity index (χ2n) is 4.04. The molecule has 0 aliphatic carbocycles. The van der Waals surface area contributed by atoms with Gasteiger partial charge in [-0.3, -0.25) is 0 Å². The SMILES string of the molecule is CC(O)Cc1cnc(Cc2ccccc2F)o1. The van der Waals surface area contributed by atoms with E-state index in [4.69, 9.17) is 4.42 Å². The van der Waals surface area contributed by atoms with Crippen LogP contribution in [0.4, 0.5) is 4.39 Å². The van der Waals surface area contributed by atoms with Gasteiger partial charge >= 0.3 is 0 Å². The Bertz CT molecular complexity index is 494. The maximum atomic E-state index is 13.4. The number of oxazole rings is 1. The van der Waals surface area contributed by atoms with Crippen molar-refractivity contribution in [1.29, 1.82) is 0 Å². The highest BCUT2D eigenvalue weighted by Gasteiger charge is 2.09. The van der Waals surface area contributed by atoms with Gasteiger partial charge in [-0.15, -0.1) is 0 Å². The second kappa shape index (κ2) is 5.10. The Balaban J connectivity index is 2.09. The summed E-state index contributed by atoms with van der Waals surface area (Å²) in [6.07, 6.45) is 1.85. The minimum absolute atomic E-state index is 0.261. The van der Waals surface area contributed by atoms with Crippen molar-refractivity contribution in [3.8, 4) is 0 Å². The summed E-state index contributed by atoms with van der Waals surface area (Å²) in [5.74, 6) is 0.819. The van der Waals surface area contributed by atoms with Crippen molar-refractivity contribution in [3.05, 3.63) is 53.5 Å². The first-order valence-corrected chi connectivity index (χ1v) is 5.50. The number of aliphatic hydroxyl groups is 1. The summed E-state index contributed by atoms with van der Waals surface area (Å²) < 4.78 is 18.8. The summed E-state index contributed by atoms with van der Waals surface area (Å²) in [6, 6.07) is 6.54. The van der Waals surface area contributed by atoms with Gasteiger partial charge in [0, 0.05) is 6.42 Å². The minimum Gasteiger partial charge on any atom is -0.445 e. The van der Waals surface area contributed by atoms with E-state index in [0.717, 1.165) is 0 Å². The number of halogens is 1. The number of aliphatic hydroxyl groups excluding tert-OH is 1. The van der Waals surface area contributed by atoms with E-state index < -0.39 is 6.10 Å². The zero-order chi connectivity index (χ0) is 12.3. The Morgan fingerprint density at radius 2 is 2.18 bits per heavy atom. The van der Waals surface area contributed by atoms with Gasteiger partial charge in [-0.1, -0.05) is 18.2 Å². The molecule has 0 bridgehead atoms. The lowest BCUT2D eigenvalue weighted by Crippen LogP contribution is -2.02. The third-order valence-corrected chi connectivity index (χ3v) is 2.40. The van der Waals surface area contributed by atoms with Crippen LogP contribution in [0.25, 0.3) is 0 Å². The van der Waals surface area contributed by atoms with E-state index in [1.807, 2.05) is 0 Å². The van der Waals surface area contributed by atoms with E-state index in [9.17, 15) is 9.50 Å². The molecular formula is C13H14FNO2. The van der Waals surface area contributed by atoms with E-state index in [1.54, 1.807) is 31.3 Å². The molecule has 2 aromatic rings. The van der Waals surface area contributed by atoms with E-state index >= 15 is 0 Å². The number of aromatic nitrogens is 1. The van der Waals surface area contributed by atoms with Crippen LogP contribution in [0.3, 0.4) is 0 Å². The quantitative estimate of drug-likeness (QED) is 0.884. The molecule has 1 heterocycles. The second-order valence-corrected chi connectivity index (χ2v) is 4.04. The van der Waals surface area contributed by atoms with E-state index in [-0.39, 0.29) is 5.82 Å². The largest absolute Gasteiger partial charge is 0.445 e. The monoisotopic (exact) mass is 235 g/mol. The van der Waals surface area contributed by atoms with Crippen LogP contribution in [0.1, 0.15) is 24.1 Å². The predicted molar refractivity (Wildman–Crippen MR) is 61.1 cm³/mol. The highest BCUT2D eigenvalue weighted by atomic mass is 19.1. The van der Waals surface area contributed by atoms with Gasteiger partial charge < -0.3 is 9.52 Å². The van der Waals surface area contributed by atoms with Gasteiger partial charge in [-0.05, 0) is 18.6 Å². The molecule has 1 aromatic carbocycles. The molecule has 2 rings (SSSR count). The fourth-order valence-electron chi connectivity index (χ4n) is 1.62. The molecule has 0 spiro atoms. The van der Waals surface area contributed by atoms with Gasteiger partial charge in [0.2, 0.25) is 0 Å². The van der Waals surface area contributed by atoms with Crippen LogP contribution in [0.2, 0.25) is 0 Å². The minimum atomic E-state index is -0.468. The van der Waals surface area contributed by atoms with Gasteiger partial charge in [0.15, 0.2) is 5.89 Å². The lowest BCUT2D eigenvalue weighted by molar-refractivity contribution is 0.186. The fourth-order valence-corrected chi connectivity index (χ4v) is 1.62. The molecule has 0 aliphatic rings. The van der Waals surface area contributed by atoms with E-state index in [0.29, 0.717) is 30.1 Å². The molecule has 0 saturated carbocycles. The Labute approximate surface area is 98.9 Å². The molecule has 1 N–H and O–H groups in total. The van der Waals surface area contributed by atoms with Gasteiger partial charge in [-0.25, -0.2) is 9.37 Å². The molecule has 0 saturated heterocycles. The summed E-state index contributed by atoms with van der Waals surface area (Å²) >= 11 is 0. The molecule has 17 heavy (non-hydrogen) atoms. The third kappa shape index (κ3) is 3.14. The maximum Gasteiger partial charge on any atom is 0.198 e. The highest BCUT2D eigenvalue weighted by molar-refractivity contribution is 5.20. The van der Waals surface area contributed by atoms with Crippen LogP contribution in [0.15, 0.2) is 34.9 Å². The number of benzene rings is 1. The standard InChI is InChI=1S/C13H14FNO2/c1-9(16)6-11-8-15-13(17-11)7-10-4-2-3-5-12(10)14/h2-5,8-9,16H,6-7H2,1H3. The van der Waals surface area contributed by atoms with Crippen LogP contribution in [-0.4, -0.2) is 16.2 Å². The van der Waals surface area contributed by atoms with Crippen molar-refractivity contribution in [2.75, 3.05) is 0 Å². The zero-order valence-corrected chi connectivity index (χ0v) is 9.56. The van der Waals surface area contributed by atoms with E-state index in [2.05, 4.69) is 4.98 Å². The summed E-state index contributed by atoms with van der Waals surface area (Å²) in [7, 11) is 0. The molecule has 3 nitrogen and oxygen atoms in total. The molecule has 90 valence electrons. The Hall–Kier alpha value is -1.68. The molecule has 0 radical (unpaired) electrons. The Morgan fingerprint density at radius 3 is 2.88 bits per heavy atom. The summed E-state index contributed by atoms with van der Waals surface area (Å²) in [6.45, 7) is 1.68. The predicted octanol–water partition coefficient (Wildman–Crippen LogP) is 2.33. The van der Waals surface area contributed by atoms with Gasteiger partial charge in [-0.2, -0.15) is 0 Å². The van der Waals surface area contributed by atoms with Crippen LogP contribution in [0.5, 0.6) is 0 Å². The van der Waals surface area contributed by atoms with E-state index in [1.165, 1.54) is 6.07 Å². The van der Waals surface area contributed by atoms with Crippen molar-refractivity contribution in [2.45, 2.75) is 25.9 Å². The molecule has 1 unspecified atom stereocenters. The van der Waals surface area contributed by atoms with Crippen molar-refractivity contribution in [1.82, 2.24) is 4.98 Å². The fraction of sp³-hybridized carbons (Fsp3) is 0.308. The lowest BCUT2D eigenvalue weighted by Gasteiger charge is -2.00. The molecule has 0 aliphatic heterocycles. The lowest BCUT2D eigenvalue weighted by atomic mass is 10.1. The zero-order valence-electron chi connectivity index (χ0n) is 9.56. The first kappa shape index (κ1) is 11.8. The van der Waals surface area contributed by atoms with Gasteiger partial charge in [0.1, 0.15) is 11.6 Å². The average molecular weight is 235 g/mol. The number of hydrogen-bond donors (Lipinski definition) is 1. The molecule has 1 aromatic heterocycles. The third-order valence-electron chi connectivity index (χ3n) is 2.40. The first-order chi connectivity index (χ1) is 8.15. The Kier molecular flexibility index (Phi) is 3.54. The number of rotatable bonds is 4. The Morgan fingerprint density at radius 1 is 1.41 bits per heavy atom. The number of nitrogens with zero attached hydrogens (tertiary/aromatic N) is 1. The summed E-state index contributed by atoms with van der Waals surface area (Å²) in [5.41, 5.74) is 0.554. The number of hydrogen-bond acceptors (Lipinski definition) is 3. The summed E-state index contributed by atoms with van der Waals surface area (Å²) in [5, 5.41) is 9.20. The molecule has 4 heteroatoms. The molecular weight excluding hydrogens is 221 g/mol. The summed E-state index contributed by atoms with van der Waals surface area (Å²) in [4.78, 5) is 4.06. The molecule has 0 fully saturated rings. The van der Waals surface area contributed by atoms with Crippen molar-refractivity contribution in [3.63, 3.8) is 0 Å². The van der Waals surface area contributed by atoms with Crippen molar-refractivity contribution >= 4 is 0 Å². The topological polar surface area (TPSA) is 46.3 Å². The van der Waals surface area contributed by atoms with Crippen molar-refractivity contribution < 1.29 is 13.9 Å². The first-order valence-electron chi connectivity index (χ1n) is 5.50. The molecule has 1 atom stereocenters. The van der Waals surface area contributed by atoms with Crippen LogP contribution >= 0.6 is 0 Å². The van der Waals surface area contributed by atoms with Gasteiger partial charge in [0.25, 0.3) is 0 Å². The van der Waals surface area contributed by atoms with Crippen molar-refractivity contribution in [2.24, 2.45) is 0 Å². The van der Waals surface area contributed by atoms with Crippen LogP contribution in [0, 0.1) is 5.82 Å². The maximum absolute atomic E-state index is 13.4. The van der Waals surface area contributed by atoms with Crippen LogP contribution in [-0.2, 0) is 12.8 Å². The van der Waals surface area contributed by atoms with Gasteiger partial charge in [0.05, 0.1) is 18.7 Å². The smallest absolute Gasteiger partial charge is 0.198 e. The highest BCUT2D eigenvalue weighted by Crippen LogP contribution is 2.14. The normalized spacial score (nSPS) is 12.6. The average Bonchev–Trinajstić information content (AvgIpc) is 2.68. The van der Waals surface area contributed by atoms with Crippen LogP contribution < -0.4 is 0 Å².